The van der Waals surface area contributed by atoms with E-state index in [1.54, 1.807) is 12.5 Å². The SMILES string of the molecule is c1ccc(-c2nc3ccccc3nc2CNc2nccc3[nH]cnc23)cc1. The van der Waals surface area contributed by atoms with Gasteiger partial charge >= 0.3 is 0 Å². The monoisotopic (exact) mass is 352 g/mol. The summed E-state index contributed by atoms with van der Waals surface area (Å²) in [6.45, 7) is 0.501. The third kappa shape index (κ3) is 2.87. The normalized spacial score (nSPS) is 11.1. The molecular weight excluding hydrogens is 336 g/mol. The molecule has 0 saturated heterocycles. The van der Waals surface area contributed by atoms with Gasteiger partial charge in [0.05, 0.1) is 40.8 Å². The van der Waals surface area contributed by atoms with E-state index in [0.717, 1.165) is 44.8 Å². The van der Waals surface area contributed by atoms with Gasteiger partial charge in [-0.2, -0.15) is 0 Å². The maximum atomic E-state index is 4.87. The lowest BCUT2D eigenvalue weighted by atomic mass is 10.1. The van der Waals surface area contributed by atoms with E-state index in [2.05, 4.69) is 32.4 Å². The Bertz CT molecular complexity index is 1230. The quantitative estimate of drug-likeness (QED) is 0.507. The second kappa shape index (κ2) is 6.49. The van der Waals surface area contributed by atoms with Crippen LogP contribution in [-0.2, 0) is 6.54 Å². The second-order valence-corrected chi connectivity index (χ2v) is 6.19. The number of benzene rings is 2. The minimum atomic E-state index is 0.501. The summed E-state index contributed by atoms with van der Waals surface area (Å²) in [7, 11) is 0. The van der Waals surface area contributed by atoms with Gasteiger partial charge in [0.2, 0.25) is 0 Å². The van der Waals surface area contributed by atoms with Crippen molar-refractivity contribution in [3.63, 3.8) is 0 Å². The highest BCUT2D eigenvalue weighted by Crippen LogP contribution is 2.25. The fourth-order valence-electron chi connectivity index (χ4n) is 3.15. The third-order valence-electron chi connectivity index (χ3n) is 4.45. The number of nitrogens with zero attached hydrogens (tertiary/aromatic N) is 4. The lowest BCUT2D eigenvalue weighted by Gasteiger charge is -2.11. The number of hydrogen-bond acceptors (Lipinski definition) is 5. The Morgan fingerprint density at radius 3 is 2.44 bits per heavy atom. The average Bonchev–Trinajstić information content (AvgIpc) is 3.22. The molecule has 0 spiro atoms. The van der Waals surface area contributed by atoms with Crippen LogP contribution in [0.25, 0.3) is 33.3 Å². The van der Waals surface area contributed by atoms with Crippen molar-refractivity contribution in [3.05, 3.63) is 78.9 Å². The number of anilines is 1. The number of pyridine rings is 1. The van der Waals surface area contributed by atoms with Crippen LogP contribution in [0.5, 0.6) is 0 Å². The van der Waals surface area contributed by atoms with Gasteiger partial charge in [-0.3, -0.25) is 0 Å². The Labute approximate surface area is 155 Å². The first kappa shape index (κ1) is 15.5. The van der Waals surface area contributed by atoms with E-state index in [-0.39, 0.29) is 0 Å². The first-order valence-electron chi connectivity index (χ1n) is 8.71. The summed E-state index contributed by atoms with van der Waals surface area (Å²) in [5.74, 6) is 0.725. The summed E-state index contributed by atoms with van der Waals surface area (Å²) < 4.78 is 0. The predicted octanol–water partition coefficient (Wildman–Crippen LogP) is 4.18. The van der Waals surface area contributed by atoms with Crippen LogP contribution in [-0.4, -0.2) is 24.9 Å². The standard InChI is InChI=1S/C21H16N6/c1-2-6-14(7-3-1)19-18(26-15-8-4-5-9-16(15)27-19)12-23-21-20-17(10-11-22-21)24-13-25-20/h1-11,13H,12H2,(H,22,23)(H,24,25). The largest absolute Gasteiger partial charge is 0.362 e. The summed E-state index contributed by atoms with van der Waals surface area (Å²) >= 11 is 0. The van der Waals surface area contributed by atoms with E-state index in [1.807, 2.05) is 48.5 Å². The predicted molar refractivity (Wildman–Crippen MR) is 106 cm³/mol. The van der Waals surface area contributed by atoms with E-state index in [1.165, 1.54) is 0 Å². The van der Waals surface area contributed by atoms with E-state index in [9.17, 15) is 0 Å². The third-order valence-corrected chi connectivity index (χ3v) is 4.45. The topological polar surface area (TPSA) is 79.4 Å². The van der Waals surface area contributed by atoms with Gasteiger partial charge in [0.25, 0.3) is 0 Å². The molecule has 0 aliphatic heterocycles. The maximum Gasteiger partial charge on any atom is 0.154 e. The van der Waals surface area contributed by atoms with Crippen molar-refractivity contribution < 1.29 is 0 Å². The molecule has 0 aliphatic carbocycles. The van der Waals surface area contributed by atoms with Gasteiger partial charge in [-0.05, 0) is 18.2 Å². The van der Waals surface area contributed by atoms with Crippen LogP contribution in [0.1, 0.15) is 5.69 Å². The number of H-pyrrole nitrogens is 1. The van der Waals surface area contributed by atoms with Crippen LogP contribution >= 0.6 is 0 Å². The molecule has 3 aromatic heterocycles. The van der Waals surface area contributed by atoms with Crippen molar-refractivity contribution in [2.45, 2.75) is 6.54 Å². The molecule has 3 heterocycles. The molecule has 27 heavy (non-hydrogen) atoms. The molecule has 0 radical (unpaired) electrons. The molecule has 0 atom stereocenters. The van der Waals surface area contributed by atoms with E-state index in [0.29, 0.717) is 6.54 Å². The Balaban J connectivity index is 1.58. The Morgan fingerprint density at radius 2 is 1.59 bits per heavy atom. The van der Waals surface area contributed by atoms with Crippen molar-refractivity contribution in [2.24, 2.45) is 0 Å². The molecule has 130 valence electrons. The van der Waals surface area contributed by atoms with Crippen LogP contribution in [0.2, 0.25) is 0 Å². The van der Waals surface area contributed by atoms with Crippen molar-refractivity contribution in [1.82, 2.24) is 24.9 Å². The molecule has 2 aromatic carbocycles. The van der Waals surface area contributed by atoms with Gasteiger partial charge in [0.1, 0.15) is 5.52 Å². The van der Waals surface area contributed by atoms with Gasteiger partial charge in [-0.15, -0.1) is 0 Å². The smallest absolute Gasteiger partial charge is 0.154 e. The molecule has 0 fully saturated rings. The highest BCUT2D eigenvalue weighted by Gasteiger charge is 2.12. The molecule has 5 rings (SSSR count). The number of rotatable bonds is 4. The number of fused-ring (bicyclic) bond motifs is 2. The molecule has 0 amide bonds. The molecule has 5 aromatic rings. The van der Waals surface area contributed by atoms with E-state index >= 15 is 0 Å². The Morgan fingerprint density at radius 1 is 0.815 bits per heavy atom. The van der Waals surface area contributed by atoms with Crippen LogP contribution in [0, 0.1) is 0 Å². The minimum Gasteiger partial charge on any atom is -0.362 e. The summed E-state index contributed by atoms with van der Waals surface area (Å²) in [4.78, 5) is 21.6. The molecule has 0 bridgehead atoms. The highest BCUT2D eigenvalue weighted by molar-refractivity contribution is 5.85. The van der Waals surface area contributed by atoms with Crippen molar-refractivity contribution in [3.8, 4) is 11.3 Å². The summed E-state index contributed by atoms with van der Waals surface area (Å²) in [5.41, 5.74) is 6.30. The number of para-hydroxylation sites is 2. The van der Waals surface area contributed by atoms with Crippen molar-refractivity contribution in [2.75, 3.05) is 5.32 Å². The lowest BCUT2D eigenvalue weighted by molar-refractivity contribution is 1.03. The number of hydrogen-bond donors (Lipinski definition) is 2. The van der Waals surface area contributed by atoms with E-state index < -0.39 is 0 Å². The zero-order chi connectivity index (χ0) is 18.1. The number of aromatic nitrogens is 5. The van der Waals surface area contributed by atoms with Gasteiger partial charge in [-0.1, -0.05) is 42.5 Å². The van der Waals surface area contributed by atoms with Gasteiger partial charge in [0, 0.05) is 11.8 Å². The summed E-state index contributed by atoms with van der Waals surface area (Å²) in [6, 6.07) is 19.9. The van der Waals surface area contributed by atoms with Gasteiger partial charge in [0.15, 0.2) is 5.82 Å². The molecule has 0 saturated carbocycles. The van der Waals surface area contributed by atoms with Crippen molar-refractivity contribution >= 4 is 27.9 Å². The fourth-order valence-corrected chi connectivity index (χ4v) is 3.15. The zero-order valence-corrected chi connectivity index (χ0v) is 14.4. The fraction of sp³-hybridized carbons (Fsp3) is 0.0476. The second-order valence-electron chi connectivity index (χ2n) is 6.19. The molecule has 0 aliphatic rings. The molecular formula is C21H16N6. The van der Waals surface area contributed by atoms with Crippen LogP contribution in [0.4, 0.5) is 5.82 Å². The van der Waals surface area contributed by atoms with Gasteiger partial charge in [-0.25, -0.2) is 19.9 Å². The molecule has 6 heteroatoms. The molecule has 0 unspecified atom stereocenters. The minimum absolute atomic E-state index is 0.501. The van der Waals surface area contributed by atoms with Crippen LogP contribution in [0.3, 0.4) is 0 Å². The number of nitrogens with one attached hydrogen (secondary N) is 2. The molecule has 6 nitrogen and oxygen atoms in total. The number of imidazole rings is 1. The Hall–Kier alpha value is -3.80. The zero-order valence-electron chi connectivity index (χ0n) is 14.4. The number of aromatic amines is 1. The molecule has 2 N–H and O–H groups in total. The first-order valence-corrected chi connectivity index (χ1v) is 8.71. The van der Waals surface area contributed by atoms with Crippen LogP contribution < -0.4 is 5.32 Å². The van der Waals surface area contributed by atoms with Crippen LogP contribution in [0.15, 0.2) is 73.2 Å². The summed E-state index contributed by atoms with van der Waals surface area (Å²) in [5, 5.41) is 3.37. The summed E-state index contributed by atoms with van der Waals surface area (Å²) in [6.07, 6.45) is 3.43. The Kier molecular flexibility index (Phi) is 3.72. The van der Waals surface area contributed by atoms with Gasteiger partial charge < -0.3 is 10.3 Å². The maximum absolute atomic E-state index is 4.87. The highest BCUT2D eigenvalue weighted by atomic mass is 15.0. The van der Waals surface area contributed by atoms with E-state index in [4.69, 9.17) is 9.97 Å². The first-order chi connectivity index (χ1) is 13.4. The average molecular weight is 352 g/mol. The lowest BCUT2D eigenvalue weighted by Crippen LogP contribution is -2.07. The van der Waals surface area contributed by atoms with Crippen molar-refractivity contribution in [1.29, 1.82) is 0 Å².